The van der Waals surface area contributed by atoms with E-state index in [1.54, 1.807) is 0 Å². The Bertz CT molecular complexity index is 831. The second-order valence-corrected chi connectivity index (χ2v) is 2.32. The van der Waals surface area contributed by atoms with Crippen molar-refractivity contribution in [2.24, 2.45) is 0 Å². The van der Waals surface area contributed by atoms with Gasteiger partial charge in [0.25, 0.3) is 0 Å². The van der Waals surface area contributed by atoms with Crippen molar-refractivity contribution in [3.63, 3.8) is 0 Å². The summed E-state index contributed by atoms with van der Waals surface area (Å²) in [5, 5.41) is 0. The zero-order valence-electron chi connectivity index (χ0n) is 9.86. The van der Waals surface area contributed by atoms with Gasteiger partial charge in [-0.2, -0.15) is 0 Å². The van der Waals surface area contributed by atoms with Gasteiger partial charge in [-0.3, -0.25) is 0 Å². The van der Waals surface area contributed by atoms with E-state index in [1.807, 2.05) is 0 Å². The monoisotopic (exact) mass is 232 g/mol. The van der Waals surface area contributed by atoms with Crippen molar-refractivity contribution in [1.29, 1.82) is 0 Å². The van der Waals surface area contributed by atoms with E-state index < -0.39 is 0 Å². The molecule has 0 aromatic heterocycles. The molecule has 0 unspecified atom stereocenters. The Morgan fingerprint density at radius 2 is 0.737 bits per heavy atom. The molecule has 80 valence electrons. The van der Waals surface area contributed by atoms with E-state index >= 15 is 0 Å². The molecule has 0 amide bonds. The molecule has 0 N–H and O–H groups in total. The van der Waals surface area contributed by atoms with Crippen LogP contribution < -0.4 is 0 Å². The van der Waals surface area contributed by atoms with Gasteiger partial charge in [-0.25, -0.2) is 0 Å². The molecule has 19 heavy (non-hydrogen) atoms. The highest BCUT2D eigenvalue weighted by Crippen LogP contribution is 1.68. The summed E-state index contributed by atoms with van der Waals surface area (Å²) < 4.78 is 0. The molecular formula is C19H4. The number of hydrogen-bond donors (Lipinski definition) is 0. The molecule has 0 aromatic rings. The van der Waals surface area contributed by atoms with E-state index in [-0.39, 0.29) is 0 Å². The molecule has 0 aliphatic heterocycles. The number of terminal acetylenes is 2. The molecule has 0 aliphatic carbocycles. The van der Waals surface area contributed by atoms with Crippen molar-refractivity contribution in [3.8, 4) is 108 Å². The Morgan fingerprint density at radius 1 is 0.421 bits per heavy atom. The van der Waals surface area contributed by atoms with E-state index in [9.17, 15) is 0 Å². The largest absolute Gasteiger partial charge is 0.106 e. The third-order valence-corrected chi connectivity index (χ3v) is 1.12. The van der Waals surface area contributed by atoms with Crippen LogP contribution in [0.1, 0.15) is 6.42 Å². The molecule has 0 saturated heterocycles. The highest BCUT2D eigenvalue weighted by atomic mass is 13.7. The fraction of sp³-hybridized carbons (Fsp3) is 0.0526. The van der Waals surface area contributed by atoms with Crippen molar-refractivity contribution < 1.29 is 0 Å². The van der Waals surface area contributed by atoms with Gasteiger partial charge in [0.2, 0.25) is 0 Å². The molecule has 0 nitrogen and oxygen atoms in total. The van der Waals surface area contributed by atoms with Gasteiger partial charge in [-0.05, 0) is 82.9 Å². The van der Waals surface area contributed by atoms with Crippen LogP contribution in [0.2, 0.25) is 0 Å². The highest BCUT2D eigenvalue weighted by Gasteiger charge is 1.63. The molecule has 0 radical (unpaired) electrons. The molecule has 0 saturated carbocycles. The van der Waals surface area contributed by atoms with E-state index in [0.717, 1.165) is 0 Å². The van der Waals surface area contributed by atoms with Gasteiger partial charge < -0.3 is 0 Å². The fourth-order valence-corrected chi connectivity index (χ4v) is 0.543. The van der Waals surface area contributed by atoms with E-state index in [2.05, 4.69) is 94.7 Å². The van der Waals surface area contributed by atoms with Crippen molar-refractivity contribution in [2.45, 2.75) is 6.42 Å². The lowest BCUT2D eigenvalue weighted by atomic mass is 10.4. The Labute approximate surface area is 114 Å². The molecule has 0 heteroatoms. The minimum atomic E-state index is 0.371. The Hall–Kier alpha value is -3.96. The standard InChI is InChI=1S/C19H4/c1-3-5-7-9-11-13-15-17-19-18-16-14-12-10-8-6-4-2/h1-2H,17H2. The summed E-state index contributed by atoms with van der Waals surface area (Å²) in [6.45, 7) is 0. The molecule has 0 atom stereocenters. The van der Waals surface area contributed by atoms with Crippen LogP contribution in [0.15, 0.2) is 0 Å². The quantitative estimate of drug-likeness (QED) is 0.538. The van der Waals surface area contributed by atoms with Crippen molar-refractivity contribution >= 4 is 0 Å². The molecule has 0 aromatic carbocycles. The fourth-order valence-electron chi connectivity index (χ4n) is 0.543. The van der Waals surface area contributed by atoms with Crippen LogP contribution in [0.25, 0.3) is 0 Å². The first-order chi connectivity index (χ1) is 9.41. The molecule has 0 aliphatic rings. The second-order valence-electron chi connectivity index (χ2n) is 2.32. The summed E-state index contributed by atoms with van der Waals surface area (Å²) >= 11 is 0. The van der Waals surface area contributed by atoms with Gasteiger partial charge in [0.1, 0.15) is 0 Å². The van der Waals surface area contributed by atoms with Crippen molar-refractivity contribution in [2.75, 3.05) is 0 Å². The lowest BCUT2D eigenvalue weighted by Crippen LogP contribution is -1.60. The third-order valence-electron chi connectivity index (χ3n) is 1.12. The number of hydrogen-bond acceptors (Lipinski definition) is 0. The zero-order chi connectivity index (χ0) is 14.0. The Kier molecular flexibility index (Phi) is 11.1. The normalized spacial score (nSPS) is 4.11. The maximum Gasteiger partial charge on any atom is 0.0723 e. The van der Waals surface area contributed by atoms with Gasteiger partial charge in [0.05, 0.1) is 6.42 Å². The predicted octanol–water partition coefficient (Wildman–Crippen LogP) is 0.667. The summed E-state index contributed by atoms with van der Waals surface area (Å²) in [7, 11) is 0. The first kappa shape index (κ1) is 15.0. The van der Waals surface area contributed by atoms with Crippen LogP contribution in [-0.2, 0) is 0 Å². The highest BCUT2D eigenvalue weighted by molar-refractivity contribution is 5.42. The van der Waals surface area contributed by atoms with E-state index in [4.69, 9.17) is 12.8 Å². The minimum absolute atomic E-state index is 0.371. The summed E-state index contributed by atoms with van der Waals surface area (Å²) in [6, 6.07) is 0. The van der Waals surface area contributed by atoms with Crippen LogP contribution in [-0.4, -0.2) is 0 Å². The summed E-state index contributed by atoms with van der Waals surface area (Å²) in [6.07, 6.45) is 10.2. The second kappa shape index (κ2) is 14.0. The summed E-state index contributed by atoms with van der Waals surface area (Å²) in [5.41, 5.74) is 0. The maximum atomic E-state index is 4.90. The average molecular weight is 232 g/mol. The summed E-state index contributed by atoms with van der Waals surface area (Å²) in [5.74, 6) is 39.3. The first-order valence-electron chi connectivity index (χ1n) is 4.78. The number of rotatable bonds is 0. The van der Waals surface area contributed by atoms with Crippen LogP contribution in [0.3, 0.4) is 0 Å². The lowest BCUT2D eigenvalue weighted by Gasteiger charge is -1.64. The SMILES string of the molecule is C#CC#CC#CC#CC#CCC#CC#CC#CC#C. The summed E-state index contributed by atoms with van der Waals surface area (Å²) in [4.78, 5) is 0. The van der Waals surface area contributed by atoms with Crippen LogP contribution in [0.5, 0.6) is 0 Å². The lowest BCUT2D eigenvalue weighted by molar-refractivity contribution is 1.57. The zero-order valence-corrected chi connectivity index (χ0v) is 9.86. The van der Waals surface area contributed by atoms with Gasteiger partial charge in [-0.1, -0.05) is 11.8 Å². The smallest absolute Gasteiger partial charge is 0.0723 e. The molecular weight excluding hydrogens is 228 g/mol. The van der Waals surface area contributed by atoms with Crippen LogP contribution >= 0.6 is 0 Å². The van der Waals surface area contributed by atoms with Crippen LogP contribution in [0, 0.1) is 108 Å². The molecule has 0 bridgehead atoms. The topological polar surface area (TPSA) is 0 Å². The van der Waals surface area contributed by atoms with E-state index in [0.29, 0.717) is 6.42 Å². The van der Waals surface area contributed by atoms with Crippen molar-refractivity contribution in [3.05, 3.63) is 0 Å². The van der Waals surface area contributed by atoms with Crippen LogP contribution in [0.4, 0.5) is 0 Å². The van der Waals surface area contributed by atoms with Gasteiger partial charge in [0.15, 0.2) is 0 Å². The third kappa shape index (κ3) is 14.0. The predicted molar refractivity (Wildman–Crippen MR) is 76.7 cm³/mol. The van der Waals surface area contributed by atoms with E-state index in [1.165, 1.54) is 0 Å². The van der Waals surface area contributed by atoms with Gasteiger partial charge in [0, 0.05) is 0 Å². The Morgan fingerprint density at radius 3 is 1.11 bits per heavy atom. The molecule has 0 spiro atoms. The van der Waals surface area contributed by atoms with Crippen molar-refractivity contribution in [1.82, 2.24) is 0 Å². The molecule has 0 rings (SSSR count). The Balaban J connectivity index is 4.15. The maximum absolute atomic E-state index is 4.90. The average Bonchev–Trinajstić information content (AvgIpc) is 2.43. The minimum Gasteiger partial charge on any atom is -0.106 e. The molecule has 0 fully saturated rings. The first-order valence-corrected chi connectivity index (χ1v) is 4.78. The van der Waals surface area contributed by atoms with Gasteiger partial charge in [-0.15, -0.1) is 12.8 Å². The van der Waals surface area contributed by atoms with Gasteiger partial charge >= 0.3 is 0 Å². The molecule has 0 heterocycles.